The number of nitrogens with one attached hydrogen (secondary N) is 2. The number of carbonyl (C=O) groups excluding carboxylic acids is 2. The second-order valence-electron chi connectivity index (χ2n) is 5.26. The molecule has 0 aliphatic rings. The molecule has 1 rings (SSSR count). The molecule has 0 aliphatic carbocycles. The fourth-order valence-electron chi connectivity index (χ4n) is 1.95. The number of ether oxygens (including phenoxy) is 2. The van der Waals surface area contributed by atoms with Crippen LogP contribution in [0.2, 0.25) is 0 Å². The molecule has 0 aromatic heterocycles. The molecule has 0 spiro atoms. The maximum atomic E-state index is 12.0. The first-order valence-corrected chi connectivity index (χ1v) is 7.34. The normalized spacial score (nSPS) is 11.7. The quantitative estimate of drug-likeness (QED) is 0.759. The Morgan fingerprint density at radius 1 is 1.18 bits per heavy atom. The molecule has 6 heteroatoms. The van der Waals surface area contributed by atoms with Crippen molar-refractivity contribution >= 4 is 17.7 Å². The fraction of sp³-hybridized carbons (Fsp3) is 0.500. The lowest BCUT2D eigenvalue weighted by Gasteiger charge is -2.18. The van der Waals surface area contributed by atoms with E-state index in [1.165, 1.54) is 7.11 Å². The van der Waals surface area contributed by atoms with Gasteiger partial charge in [-0.2, -0.15) is 0 Å². The molecule has 0 fully saturated rings. The molecule has 1 aromatic carbocycles. The van der Waals surface area contributed by atoms with E-state index in [0.29, 0.717) is 18.7 Å². The highest BCUT2D eigenvalue weighted by Crippen LogP contribution is 2.15. The lowest BCUT2D eigenvalue weighted by atomic mass is 10.0. The highest BCUT2D eigenvalue weighted by atomic mass is 16.5. The standard InChI is InChI=1S/C16H24N2O4/c1-5-22-13-8-6-12(7-9-13)17-16(20)18-14(10-11(2)3)15(19)21-4/h6-9,11,14H,5,10H2,1-4H3,(H2,17,18,20)/t14-/m1/s1. The van der Waals surface area contributed by atoms with Crippen LogP contribution in [-0.2, 0) is 9.53 Å². The van der Waals surface area contributed by atoms with Crippen molar-refractivity contribution in [3.05, 3.63) is 24.3 Å². The summed E-state index contributed by atoms with van der Waals surface area (Å²) in [7, 11) is 1.31. The third-order valence-corrected chi connectivity index (χ3v) is 2.92. The molecule has 2 amide bonds. The van der Waals surface area contributed by atoms with Crippen LogP contribution in [0.25, 0.3) is 0 Å². The maximum absolute atomic E-state index is 12.0. The molecule has 22 heavy (non-hydrogen) atoms. The highest BCUT2D eigenvalue weighted by Gasteiger charge is 2.22. The largest absolute Gasteiger partial charge is 0.494 e. The van der Waals surface area contributed by atoms with E-state index in [4.69, 9.17) is 9.47 Å². The van der Waals surface area contributed by atoms with E-state index in [1.54, 1.807) is 24.3 Å². The summed E-state index contributed by atoms with van der Waals surface area (Å²) < 4.78 is 10.0. The maximum Gasteiger partial charge on any atom is 0.328 e. The Balaban J connectivity index is 2.60. The number of amides is 2. The van der Waals surface area contributed by atoms with E-state index < -0.39 is 18.0 Å². The van der Waals surface area contributed by atoms with Crippen LogP contribution in [0.3, 0.4) is 0 Å². The number of anilines is 1. The van der Waals surface area contributed by atoms with Crippen molar-refractivity contribution in [2.75, 3.05) is 19.0 Å². The van der Waals surface area contributed by atoms with Crippen molar-refractivity contribution in [3.8, 4) is 5.75 Å². The third kappa shape index (κ3) is 6.03. The highest BCUT2D eigenvalue weighted by molar-refractivity contribution is 5.92. The number of carbonyl (C=O) groups is 2. The number of methoxy groups -OCH3 is 1. The Hall–Kier alpha value is -2.24. The zero-order valence-corrected chi connectivity index (χ0v) is 13.5. The van der Waals surface area contributed by atoms with Gasteiger partial charge in [-0.25, -0.2) is 9.59 Å². The van der Waals surface area contributed by atoms with Gasteiger partial charge in [0.05, 0.1) is 13.7 Å². The van der Waals surface area contributed by atoms with Gasteiger partial charge in [0.25, 0.3) is 0 Å². The van der Waals surface area contributed by atoms with Gasteiger partial charge in [-0.05, 0) is 43.5 Å². The minimum absolute atomic E-state index is 0.259. The van der Waals surface area contributed by atoms with Crippen LogP contribution in [0, 0.1) is 5.92 Å². The zero-order chi connectivity index (χ0) is 16.5. The summed E-state index contributed by atoms with van der Waals surface area (Å²) in [6, 6.07) is 5.91. The van der Waals surface area contributed by atoms with Gasteiger partial charge in [0, 0.05) is 5.69 Å². The van der Waals surface area contributed by atoms with Gasteiger partial charge in [0.1, 0.15) is 11.8 Å². The number of urea groups is 1. The summed E-state index contributed by atoms with van der Waals surface area (Å²) in [5.74, 6) is 0.547. The van der Waals surface area contributed by atoms with Crippen LogP contribution < -0.4 is 15.4 Å². The monoisotopic (exact) mass is 308 g/mol. The number of hydrogen-bond donors (Lipinski definition) is 2. The first-order valence-electron chi connectivity index (χ1n) is 7.34. The van der Waals surface area contributed by atoms with Crippen LogP contribution >= 0.6 is 0 Å². The van der Waals surface area contributed by atoms with Crippen molar-refractivity contribution in [2.24, 2.45) is 5.92 Å². The molecular formula is C16H24N2O4. The molecule has 0 aliphatic heterocycles. The average molecular weight is 308 g/mol. The summed E-state index contributed by atoms with van der Waals surface area (Å²) in [5, 5.41) is 5.31. The Kier molecular flexibility index (Phi) is 7.22. The van der Waals surface area contributed by atoms with Gasteiger partial charge < -0.3 is 20.1 Å². The molecule has 0 radical (unpaired) electrons. The van der Waals surface area contributed by atoms with Gasteiger partial charge in [-0.3, -0.25) is 0 Å². The van der Waals surface area contributed by atoms with E-state index in [1.807, 2.05) is 20.8 Å². The zero-order valence-electron chi connectivity index (χ0n) is 13.5. The summed E-state index contributed by atoms with van der Waals surface area (Å²) in [5.41, 5.74) is 0.620. The van der Waals surface area contributed by atoms with E-state index in [2.05, 4.69) is 10.6 Å². The van der Waals surface area contributed by atoms with Crippen molar-refractivity contribution in [2.45, 2.75) is 33.2 Å². The molecular weight excluding hydrogens is 284 g/mol. The summed E-state index contributed by atoms with van der Waals surface area (Å²) in [4.78, 5) is 23.6. The Labute approximate surface area is 131 Å². The van der Waals surface area contributed by atoms with Gasteiger partial charge in [-0.15, -0.1) is 0 Å². The molecule has 0 heterocycles. The average Bonchev–Trinajstić information content (AvgIpc) is 2.47. The van der Waals surface area contributed by atoms with Crippen LogP contribution in [0.5, 0.6) is 5.75 Å². The lowest BCUT2D eigenvalue weighted by molar-refractivity contribution is -0.143. The van der Waals surface area contributed by atoms with Crippen LogP contribution in [-0.4, -0.2) is 31.8 Å². The van der Waals surface area contributed by atoms with Crippen molar-refractivity contribution in [1.29, 1.82) is 0 Å². The molecule has 1 atom stereocenters. The van der Waals surface area contributed by atoms with Crippen LogP contribution in [0.4, 0.5) is 10.5 Å². The molecule has 1 aromatic rings. The fourth-order valence-corrected chi connectivity index (χ4v) is 1.95. The van der Waals surface area contributed by atoms with E-state index in [9.17, 15) is 9.59 Å². The topological polar surface area (TPSA) is 76.7 Å². The minimum atomic E-state index is -0.660. The number of hydrogen-bond acceptors (Lipinski definition) is 4. The van der Waals surface area contributed by atoms with Gasteiger partial charge in [0.15, 0.2) is 0 Å². The molecule has 6 nitrogen and oxygen atoms in total. The first kappa shape index (κ1) is 17.8. The van der Waals surface area contributed by atoms with E-state index >= 15 is 0 Å². The van der Waals surface area contributed by atoms with Crippen molar-refractivity contribution in [3.63, 3.8) is 0 Å². The van der Waals surface area contributed by atoms with Gasteiger partial charge in [0.2, 0.25) is 0 Å². The Morgan fingerprint density at radius 2 is 1.82 bits per heavy atom. The van der Waals surface area contributed by atoms with Gasteiger partial charge >= 0.3 is 12.0 Å². The van der Waals surface area contributed by atoms with Gasteiger partial charge in [-0.1, -0.05) is 13.8 Å². The summed E-state index contributed by atoms with van der Waals surface area (Å²) in [6.07, 6.45) is 0.517. The summed E-state index contributed by atoms with van der Waals surface area (Å²) >= 11 is 0. The first-order chi connectivity index (χ1) is 10.5. The molecule has 0 saturated heterocycles. The predicted octanol–water partition coefficient (Wildman–Crippen LogP) is 2.79. The molecule has 0 unspecified atom stereocenters. The van der Waals surface area contributed by atoms with E-state index in [0.717, 1.165) is 5.75 Å². The number of esters is 1. The number of benzene rings is 1. The SMILES string of the molecule is CCOc1ccc(NC(=O)N[C@H](CC(C)C)C(=O)OC)cc1. The van der Waals surface area contributed by atoms with Crippen molar-refractivity contribution < 1.29 is 19.1 Å². The second kappa shape index (κ2) is 8.92. The number of rotatable bonds is 7. The van der Waals surface area contributed by atoms with Crippen LogP contribution in [0.1, 0.15) is 27.2 Å². The molecule has 0 bridgehead atoms. The summed E-state index contributed by atoms with van der Waals surface area (Å²) in [6.45, 7) is 6.44. The van der Waals surface area contributed by atoms with Crippen molar-refractivity contribution in [1.82, 2.24) is 5.32 Å². The molecule has 122 valence electrons. The molecule has 0 saturated carbocycles. The predicted molar refractivity (Wildman–Crippen MR) is 85.0 cm³/mol. The Morgan fingerprint density at radius 3 is 2.32 bits per heavy atom. The molecule has 2 N–H and O–H groups in total. The minimum Gasteiger partial charge on any atom is -0.494 e. The lowest BCUT2D eigenvalue weighted by Crippen LogP contribution is -2.44. The smallest absolute Gasteiger partial charge is 0.328 e. The van der Waals surface area contributed by atoms with E-state index in [-0.39, 0.29) is 5.92 Å². The van der Waals surface area contributed by atoms with Crippen LogP contribution in [0.15, 0.2) is 24.3 Å². The third-order valence-electron chi connectivity index (χ3n) is 2.92. The Bertz CT molecular complexity index is 485. The second-order valence-corrected chi connectivity index (χ2v) is 5.26.